The van der Waals surface area contributed by atoms with Crippen LogP contribution >= 0.6 is 34.2 Å². The topological polar surface area (TPSA) is 29.1 Å². The molecule has 0 aliphatic heterocycles. The number of rotatable bonds is 2. The van der Waals surface area contributed by atoms with Gasteiger partial charge < -0.3 is 5.32 Å². The first-order valence-corrected chi connectivity index (χ1v) is 6.65. The van der Waals surface area contributed by atoms with Gasteiger partial charge in [0.25, 0.3) is 5.91 Å². The molecular formula is C13H7ClF2INO. The van der Waals surface area contributed by atoms with Crippen molar-refractivity contribution in [2.24, 2.45) is 0 Å². The fraction of sp³-hybridized carbons (Fsp3) is 0. The highest BCUT2D eigenvalue weighted by molar-refractivity contribution is 14.1. The van der Waals surface area contributed by atoms with Crippen molar-refractivity contribution in [2.75, 3.05) is 5.32 Å². The zero-order chi connectivity index (χ0) is 14.0. The molecule has 6 heteroatoms. The lowest BCUT2D eigenvalue weighted by atomic mass is 10.2. The van der Waals surface area contributed by atoms with E-state index in [-0.39, 0.29) is 10.6 Å². The largest absolute Gasteiger partial charge is 0.321 e. The maximum atomic E-state index is 13.2. The summed E-state index contributed by atoms with van der Waals surface area (Å²) < 4.78 is 26.7. The van der Waals surface area contributed by atoms with Gasteiger partial charge in [-0.1, -0.05) is 17.7 Å². The van der Waals surface area contributed by atoms with Gasteiger partial charge in [-0.25, -0.2) is 8.78 Å². The first kappa shape index (κ1) is 14.2. The monoisotopic (exact) mass is 393 g/mol. The smallest absolute Gasteiger partial charge is 0.257 e. The van der Waals surface area contributed by atoms with Crippen molar-refractivity contribution in [1.82, 2.24) is 0 Å². The number of halogens is 4. The van der Waals surface area contributed by atoms with Gasteiger partial charge in [-0.05, 0) is 52.9 Å². The Morgan fingerprint density at radius 1 is 1.21 bits per heavy atom. The summed E-state index contributed by atoms with van der Waals surface area (Å²) in [6, 6.07) is 7.92. The second-order valence-corrected chi connectivity index (χ2v) is 5.22. The Morgan fingerprint density at radius 3 is 2.63 bits per heavy atom. The molecule has 0 unspecified atom stereocenters. The Labute approximate surface area is 126 Å². The van der Waals surface area contributed by atoms with Crippen LogP contribution in [0.4, 0.5) is 14.5 Å². The van der Waals surface area contributed by atoms with Gasteiger partial charge in [0.1, 0.15) is 11.6 Å². The third kappa shape index (κ3) is 3.22. The van der Waals surface area contributed by atoms with Crippen LogP contribution in [0.2, 0.25) is 5.02 Å². The van der Waals surface area contributed by atoms with E-state index >= 15 is 0 Å². The summed E-state index contributed by atoms with van der Waals surface area (Å²) in [6.45, 7) is 0. The summed E-state index contributed by atoms with van der Waals surface area (Å²) in [5.74, 6) is -1.61. The molecule has 0 radical (unpaired) electrons. The van der Waals surface area contributed by atoms with E-state index in [4.69, 9.17) is 11.6 Å². The maximum absolute atomic E-state index is 13.2. The van der Waals surface area contributed by atoms with Crippen molar-refractivity contribution in [3.8, 4) is 0 Å². The van der Waals surface area contributed by atoms with Gasteiger partial charge in [-0.2, -0.15) is 0 Å². The highest BCUT2D eigenvalue weighted by atomic mass is 127. The quantitative estimate of drug-likeness (QED) is 0.749. The molecule has 0 aliphatic rings. The Balaban J connectivity index is 2.28. The van der Waals surface area contributed by atoms with Crippen molar-refractivity contribution in [3.63, 3.8) is 0 Å². The molecule has 0 spiro atoms. The van der Waals surface area contributed by atoms with Crippen molar-refractivity contribution >= 4 is 45.8 Å². The van der Waals surface area contributed by atoms with Crippen molar-refractivity contribution in [3.05, 3.63) is 62.2 Å². The predicted molar refractivity (Wildman–Crippen MR) is 78.5 cm³/mol. The number of carbonyl (C=O) groups excluding carboxylic acids is 1. The molecule has 0 aromatic heterocycles. The molecule has 0 fully saturated rings. The molecule has 0 atom stereocenters. The van der Waals surface area contributed by atoms with Gasteiger partial charge in [-0.15, -0.1) is 0 Å². The molecule has 0 aliphatic carbocycles. The van der Waals surface area contributed by atoms with E-state index in [1.54, 1.807) is 0 Å². The van der Waals surface area contributed by atoms with E-state index in [0.717, 1.165) is 0 Å². The molecule has 2 aromatic carbocycles. The van der Waals surface area contributed by atoms with Crippen LogP contribution in [0.25, 0.3) is 0 Å². The van der Waals surface area contributed by atoms with E-state index in [9.17, 15) is 13.6 Å². The number of nitrogens with one attached hydrogen (secondary N) is 1. The molecule has 0 heterocycles. The van der Waals surface area contributed by atoms with Crippen molar-refractivity contribution in [1.29, 1.82) is 0 Å². The first-order chi connectivity index (χ1) is 8.99. The van der Waals surface area contributed by atoms with Crippen LogP contribution in [0, 0.1) is 15.2 Å². The minimum absolute atomic E-state index is 0.0294. The zero-order valence-corrected chi connectivity index (χ0v) is 12.3. The molecule has 1 amide bonds. The number of benzene rings is 2. The predicted octanol–water partition coefficient (Wildman–Crippen LogP) is 4.48. The molecule has 2 nitrogen and oxygen atoms in total. The van der Waals surface area contributed by atoms with Crippen LogP contribution in [0.5, 0.6) is 0 Å². The molecule has 2 rings (SSSR count). The minimum atomic E-state index is -0.664. The van der Waals surface area contributed by atoms with Crippen LogP contribution in [0.1, 0.15) is 10.4 Å². The first-order valence-electron chi connectivity index (χ1n) is 5.19. The average molecular weight is 394 g/mol. The SMILES string of the molecule is O=C(Nc1ccc(F)cc1I)c1cccc(F)c1Cl. The number of amides is 1. The molecule has 19 heavy (non-hydrogen) atoms. The van der Waals surface area contributed by atoms with E-state index in [1.165, 1.54) is 36.4 Å². The number of carbonyl (C=O) groups is 1. The van der Waals surface area contributed by atoms with Gasteiger partial charge in [-0.3, -0.25) is 4.79 Å². The van der Waals surface area contributed by atoms with Crippen LogP contribution in [0.15, 0.2) is 36.4 Å². The Kier molecular flexibility index (Phi) is 4.36. The van der Waals surface area contributed by atoms with Crippen molar-refractivity contribution in [2.45, 2.75) is 0 Å². The zero-order valence-electron chi connectivity index (χ0n) is 9.38. The second kappa shape index (κ2) is 5.83. The van der Waals surface area contributed by atoms with Crippen LogP contribution in [-0.2, 0) is 0 Å². The van der Waals surface area contributed by atoms with Crippen LogP contribution in [0.3, 0.4) is 0 Å². The summed E-state index contributed by atoms with van der Waals surface area (Å²) in [5, 5.41) is 2.32. The molecule has 0 bridgehead atoms. The lowest BCUT2D eigenvalue weighted by Crippen LogP contribution is -2.13. The van der Waals surface area contributed by atoms with Gasteiger partial charge >= 0.3 is 0 Å². The molecule has 2 aromatic rings. The third-order valence-corrected chi connectivity index (χ3v) is 3.65. The molecule has 98 valence electrons. The standard InChI is InChI=1S/C13H7ClF2INO/c14-12-8(2-1-3-9(12)16)13(19)18-11-5-4-7(15)6-10(11)17/h1-6H,(H,18,19). The minimum Gasteiger partial charge on any atom is -0.321 e. The highest BCUT2D eigenvalue weighted by Crippen LogP contribution is 2.23. The summed E-state index contributed by atoms with van der Waals surface area (Å²) >= 11 is 7.61. The van der Waals surface area contributed by atoms with Gasteiger partial charge in [0.2, 0.25) is 0 Å². The average Bonchev–Trinajstić information content (AvgIpc) is 2.36. The highest BCUT2D eigenvalue weighted by Gasteiger charge is 2.14. The Morgan fingerprint density at radius 2 is 1.95 bits per heavy atom. The number of hydrogen-bond acceptors (Lipinski definition) is 1. The van der Waals surface area contributed by atoms with E-state index in [2.05, 4.69) is 5.32 Å². The van der Waals surface area contributed by atoms with Crippen LogP contribution < -0.4 is 5.32 Å². The Hall–Kier alpha value is -1.21. The second-order valence-electron chi connectivity index (χ2n) is 3.68. The van der Waals surface area contributed by atoms with E-state index < -0.39 is 17.5 Å². The van der Waals surface area contributed by atoms with Crippen molar-refractivity contribution < 1.29 is 13.6 Å². The van der Waals surface area contributed by atoms with Gasteiger partial charge in [0.15, 0.2) is 0 Å². The number of hydrogen-bond donors (Lipinski definition) is 1. The fourth-order valence-electron chi connectivity index (χ4n) is 1.46. The van der Waals surface area contributed by atoms with Gasteiger partial charge in [0.05, 0.1) is 16.3 Å². The lowest BCUT2D eigenvalue weighted by Gasteiger charge is -2.09. The van der Waals surface area contributed by atoms with E-state index in [1.807, 2.05) is 22.6 Å². The van der Waals surface area contributed by atoms with Gasteiger partial charge in [0, 0.05) is 3.57 Å². The fourth-order valence-corrected chi connectivity index (χ4v) is 2.28. The Bertz CT molecular complexity index is 649. The third-order valence-electron chi connectivity index (χ3n) is 2.38. The maximum Gasteiger partial charge on any atom is 0.257 e. The molecular weight excluding hydrogens is 387 g/mol. The van der Waals surface area contributed by atoms with Crippen LogP contribution in [-0.4, -0.2) is 5.91 Å². The molecule has 1 N–H and O–H groups in total. The lowest BCUT2D eigenvalue weighted by molar-refractivity contribution is 0.102. The summed E-state index contributed by atoms with van der Waals surface area (Å²) in [6.07, 6.45) is 0. The molecule has 0 saturated carbocycles. The summed E-state index contributed by atoms with van der Waals surface area (Å²) in [5.41, 5.74) is 0.467. The summed E-state index contributed by atoms with van der Waals surface area (Å²) in [7, 11) is 0. The van der Waals surface area contributed by atoms with E-state index in [0.29, 0.717) is 9.26 Å². The molecule has 0 saturated heterocycles. The summed E-state index contributed by atoms with van der Waals surface area (Å²) in [4.78, 5) is 12.0. The normalized spacial score (nSPS) is 10.3. The number of anilines is 1.